The molecule has 1 aromatic carbocycles. The Bertz CT molecular complexity index is 1220. The highest BCUT2D eigenvalue weighted by atomic mass is 16.3. The van der Waals surface area contributed by atoms with E-state index >= 15 is 0 Å². The van der Waals surface area contributed by atoms with Gasteiger partial charge in [-0.25, -0.2) is 4.98 Å². The van der Waals surface area contributed by atoms with Crippen molar-refractivity contribution in [1.82, 2.24) is 10.3 Å². The summed E-state index contributed by atoms with van der Waals surface area (Å²) in [7, 11) is 0. The maximum atomic E-state index is 13.2. The van der Waals surface area contributed by atoms with E-state index in [0.717, 1.165) is 0 Å². The van der Waals surface area contributed by atoms with E-state index in [2.05, 4.69) is 16.9 Å². The van der Waals surface area contributed by atoms with Gasteiger partial charge in [-0.2, -0.15) is 0 Å². The number of carbonyl (C=O) groups is 3. The molecule has 0 spiro atoms. The van der Waals surface area contributed by atoms with Crippen molar-refractivity contribution < 1.29 is 29.7 Å². The number of fused-ring (bicyclic) bond motifs is 1. The van der Waals surface area contributed by atoms with E-state index in [1.807, 2.05) is 0 Å². The number of nitrogens with zero attached hydrogens (tertiary/aromatic N) is 1. The zero-order valence-electron chi connectivity index (χ0n) is 17.5. The molecule has 1 aliphatic rings. The summed E-state index contributed by atoms with van der Waals surface area (Å²) < 4.78 is 0. The van der Waals surface area contributed by atoms with Gasteiger partial charge in [0.1, 0.15) is 5.75 Å². The molecule has 166 valence electrons. The van der Waals surface area contributed by atoms with Crippen molar-refractivity contribution in [2.24, 2.45) is 0 Å². The molecule has 4 N–H and O–H groups in total. The van der Waals surface area contributed by atoms with E-state index in [4.69, 9.17) is 5.11 Å². The number of benzene rings is 1. The minimum absolute atomic E-state index is 0.125. The fraction of sp³-hybridized carbons (Fsp3) is 0.250. The molecule has 1 aliphatic carbocycles. The van der Waals surface area contributed by atoms with E-state index in [0.29, 0.717) is 10.6 Å². The first kappa shape index (κ1) is 23.1. The van der Waals surface area contributed by atoms with E-state index in [9.17, 15) is 24.6 Å². The fourth-order valence-electron chi connectivity index (χ4n) is 3.60. The smallest absolute Gasteiger partial charge is 0.251 e. The van der Waals surface area contributed by atoms with Crippen LogP contribution in [0.25, 0.3) is 12.2 Å². The minimum Gasteiger partial charge on any atom is -0.506 e. The Hall–Kier alpha value is -3.62. The van der Waals surface area contributed by atoms with Crippen LogP contribution in [-0.4, -0.2) is 57.0 Å². The van der Waals surface area contributed by atoms with Gasteiger partial charge in [0.05, 0.1) is 29.7 Å². The highest BCUT2D eigenvalue weighted by Gasteiger charge is 2.36. The number of carbonyl (C=O) groups excluding carboxylic acids is 3. The van der Waals surface area contributed by atoms with Crippen molar-refractivity contribution in [1.29, 1.82) is 0 Å². The van der Waals surface area contributed by atoms with Gasteiger partial charge in [0.15, 0.2) is 11.6 Å². The Morgan fingerprint density at radius 1 is 1.31 bits per heavy atom. The summed E-state index contributed by atoms with van der Waals surface area (Å²) in [6.07, 6.45) is 3.70. The number of nitrogens with one attached hydrogen (secondary N) is 1. The lowest BCUT2D eigenvalue weighted by Crippen LogP contribution is -2.34. The molecular weight excluding hydrogens is 412 g/mol. The number of aliphatic hydroxyl groups excluding tert-OH is 2. The number of aromatic nitrogens is 1. The van der Waals surface area contributed by atoms with E-state index < -0.39 is 24.5 Å². The number of amides is 1. The van der Waals surface area contributed by atoms with Gasteiger partial charge in [0, 0.05) is 34.9 Å². The first-order chi connectivity index (χ1) is 15.3. The molecule has 0 fully saturated rings. The Kier molecular flexibility index (Phi) is 6.97. The summed E-state index contributed by atoms with van der Waals surface area (Å²) in [5.74, 6) is -2.38. The number of allylic oxidation sites excluding steroid dienone is 1. The number of aliphatic hydroxyl groups is 2. The molecule has 1 heterocycles. The molecule has 0 radical (unpaired) electrons. The summed E-state index contributed by atoms with van der Waals surface area (Å²) in [5, 5.41) is 32.4. The summed E-state index contributed by atoms with van der Waals surface area (Å²) in [4.78, 5) is 42.7. The van der Waals surface area contributed by atoms with Crippen LogP contribution >= 0.6 is 0 Å². The number of ketones is 2. The third-order valence-electron chi connectivity index (χ3n) is 5.25. The molecule has 0 bridgehead atoms. The molecule has 32 heavy (non-hydrogen) atoms. The van der Waals surface area contributed by atoms with Crippen molar-refractivity contribution in [2.45, 2.75) is 25.4 Å². The highest BCUT2D eigenvalue weighted by Crippen LogP contribution is 2.35. The van der Waals surface area contributed by atoms with Crippen LogP contribution in [0.2, 0.25) is 0 Å². The second kappa shape index (κ2) is 9.67. The van der Waals surface area contributed by atoms with E-state index in [1.54, 1.807) is 25.2 Å². The summed E-state index contributed by atoms with van der Waals surface area (Å²) >= 11 is 0. The number of aromatic hydroxyl groups is 1. The molecule has 2 aromatic rings. The lowest BCUT2D eigenvalue weighted by molar-refractivity contribution is 0.0801. The first-order valence-electron chi connectivity index (χ1n) is 10.1. The predicted molar refractivity (Wildman–Crippen MR) is 118 cm³/mol. The number of pyridine rings is 1. The molecule has 2 unspecified atom stereocenters. The van der Waals surface area contributed by atoms with Gasteiger partial charge in [0.25, 0.3) is 5.91 Å². The minimum atomic E-state index is -1.10. The molecule has 0 saturated carbocycles. The Balaban J connectivity index is 1.96. The molecule has 0 saturated heterocycles. The van der Waals surface area contributed by atoms with Crippen molar-refractivity contribution >= 4 is 29.6 Å². The number of Topliss-reactive ketones (excluding diaryl/α,β-unsaturated/α-hetero) is 2. The van der Waals surface area contributed by atoms with Gasteiger partial charge >= 0.3 is 0 Å². The summed E-state index contributed by atoms with van der Waals surface area (Å²) in [6, 6.07) is 5.64. The lowest BCUT2D eigenvalue weighted by Gasteiger charge is -2.23. The lowest BCUT2D eigenvalue weighted by atomic mass is 9.79. The average molecular weight is 436 g/mol. The largest absolute Gasteiger partial charge is 0.506 e. The molecule has 8 heteroatoms. The van der Waals surface area contributed by atoms with Crippen LogP contribution in [-0.2, 0) is 0 Å². The molecule has 2 atom stereocenters. The van der Waals surface area contributed by atoms with Crippen LogP contribution in [0.1, 0.15) is 56.0 Å². The normalized spacial score (nSPS) is 17.8. The van der Waals surface area contributed by atoms with Crippen molar-refractivity contribution in [3.8, 4) is 5.75 Å². The van der Waals surface area contributed by atoms with Crippen LogP contribution in [0.15, 0.2) is 36.9 Å². The summed E-state index contributed by atoms with van der Waals surface area (Å²) in [5.41, 5.74) is 0.563. The molecule has 0 aliphatic heterocycles. The maximum Gasteiger partial charge on any atom is 0.251 e. The van der Waals surface area contributed by atoms with E-state index in [1.165, 1.54) is 24.3 Å². The van der Waals surface area contributed by atoms with Gasteiger partial charge in [-0.3, -0.25) is 14.4 Å². The topological polar surface area (TPSA) is 137 Å². The van der Waals surface area contributed by atoms with Crippen molar-refractivity contribution in [2.75, 3.05) is 13.2 Å². The van der Waals surface area contributed by atoms with Gasteiger partial charge < -0.3 is 20.6 Å². The van der Waals surface area contributed by atoms with Crippen LogP contribution in [0, 0.1) is 0 Å². The number of rotatable bonds is 6. The molecular formula is C24H24N2O6. The Morgan fingerprint density at radius 2 is 2.06 bits per heavy atom. The predicted octanol–water partition coefficient (Wildman–Crippen LogP) is 0.190. The van der Waals surface area contributed by atoms with Gasteiger partial charge in [-0.15, -0.1) is 0 Å². The van der Waals surface area contributed by atoms with Crippen molar-refractivity contribution in [3.05, 3.63) is 69.9 Å². The fourth-order valence-corrected chi connectivity index (χ4v) is 3.60. The van der Waals surface area contributed by atoms with Gasteiger partial charge in [-0.1, -0.05) is 24.8 Å². The monoisotopic (exact) mass is 436 g/mol. The zero-order valence-corrected chi connectivity index (χ0v) is 17.5. The zero-order chi connectivity index (χ0) is 23.4. The van der Waals surface area contributed by atoms with Crippen LogP contribution in [0.5, 0.6) is 5.75 Å². The van der Waals surface area contributed by atoms with Crippen LogP contribution in [0.3, 0.4) is 0 Å². The quantitative estimate of drug-likeness (QED) is 0.507. The number of hydrogen-bond acceptors (Lipinski definition) is 7. The third-order valence-corrected chi connectivity index (χ3v) is 5.25. The molecule has 8 nitrogen and oxygen atoms in total. The second-order valence-corrected chi connectivity index (χ2v) is 7.41. The average Bonchev–Trinajstić information content (AvgIpc) is 2.79. The highest BCUT2D eigenvalue weighted by molar-refractivity contribution is 6.17. The molecule has 1 amide bonds. The molecule has 1 aromatic heterocycles. The van der Waals surface area contributed by atoms with Crippen LogP contribution < -0.4 is 15.9 Å². The first-order valence-corrected chi connectivity index (χ1v) is 10.1. The third kappa shape index (κ3) is 4.51. The second-order valence-electron chi connectivity index (χ2n) is 7.41. The summed E-state index contributed by atoms with van der Waals surface area (Å²) in [6.45, 7) is 4.76. The SMILES string of the molecule is C=C/C=c1/cc(O)c(C2CC(=O)c3cc(C(=O)NCC(O)CO)ccc3C2=O)n/c1=C/C. The van der Waals surface area contributed by atoms with Gasteiger partial charge in [-0.05, 0) is 31.2 Å². The van der Waals surface area contributed by atoms with E-state index in [-0.39, 0.29) is 52.7 Å². The Labute approximate surface area is 184 Å². The standard InChI is InChI=1S/C24H24N2O6/c1-3-5-13-9-21(30)22(26-19(13)4-2)18-10-20(29)17-8-14(6-7-16(17)23(18)31)24(32)25-11-15(28)12-27/h3-9,15,18,27-28,30H,1,10-12H2,2H3,(H,25,32)/b13-5-,19-4+. The van der Waals surface area contributed by atoms with Gasteiger partial charge in [0.2, 0.25) is 0 Å². The molecule has 3 rings (SSSR count). The Morgan fingerprint density at radius 3 is 2.72 bits per heavy atom. The number of hydrogen-bond donors (Lipinski definition) is 4. The maximum absolute atomic E-state index is 13.2. The van der Waals surface area contributed by atoms with Crippen molar-refractivity contribution in [3.63, 3.8) is 0 Å². The van der Waals surface area contributed by atoms with Crippen LogP contribution in [0.4, 0.5) is 0 Å².